The summed E-state index contributed by atoms with van der Waals surface area (Å²) in [6, 6.07) is 0. The maximum atomic E-state index is 13.2. The molecular weight excluding hydrogens is 1020 g/mol. The Morgan fingerprint density at radius 3 is 1.19 bits per heavy atom. The number of hydrogen-bond acceptors (Lipinski definition) is 11. The van der Waals surface area contributed by atoms with Crippen LogP contribution in [0, 0.1) is 0 Å². The van der Waals surface area contributed by atoms with Gasteiger partial charge in [-0.25, -0.2) is 4.79 Å². The lowest BCUT2D eigenvalue weighted by Gasteiger charge is -2.40. The molecular formula is C69H122O12. The van der Waals surface area contributed by atoms with E-state index in [-0.39, 0.29) is 25.9 Å². The minimum atomic E-state index is -1.91. The third-order valence-corrected chi connectivity index (χ3v) is 15.4. The van der Waals surface area contributed by atoms with Crippen molar-refractivity contribution in [2.24, 2.45) is 0 Å². The van der Waals surface area contributed by atoms with E-state index in [0.717, 1.165) is 83.5 Å². The standard InChI is InChI=1S/C69H122O12/c1-4-7-10-13-16-19-22-25-28-30-31-33-35-37-40-43-46-49-52-55-61(70)77-58-60(79-62(71)56-53-50-47-44-41-38-34-27-24-21-18-15-12-9-6-3)59-78-69-67(65(74)64(73)66(81-69)68(75)76)80-63(72)57-54-51-48-45-42-39-36-32-29-26-23-20-17-14-11-8-5-2/h9,12,18,21,27,34,41,44,60,64-67,69,73-74H,4-8,10-11,13-17,19-20,22-26,28-33,35-40,42-43,45-59H2,1-3H3,(H,75,76)/b12-9-,21-18-,34-27-,44-41-. The first-order valence-corrected chi connectivity index (χ1v) is 33.6. The fourth-order valence-electron chi connectivity index (χ4n) is 10.3. The van der Waals surface area contributed by atoms with E-state index in [2.05, 4.69) is 69.4 Å². The number of aliphatic carboxylic acids is 1. The smallest absolute Gasteiger partial charge is 0.335 e. The Bertz CT molecular complexity index is 1590. The third-order valence-electron chi connectivity index (χ3n) is 15.4. The Morgan fingerprint density at radius 1 is 0.420 bits per heavy atom. The van der Waals surface area contributed by atoms with E-state index in [1.807, 2.05) is 0 Å². The van der Waals surface area contributed by atoms with Gasteiger partial charge in [-0.3, -0.25) is 14.4 Å². The number of carboxylic acids is 1. The summed E-state index contributed by atoms with van der Waals surface area (Å²) in [7, 11) is 0. The van der Waals surface area contributed by atoms with Crippen LogP contribution >= 0.6 is 0 Å². The zero-order chi connectivity index (χ0) is 58.9. The quantitative estimate of drug-likeness (QED) is 0.0228. The van der Waals surface area contributed by atoms with Gasteiger partial charge >= 0.3 is 23.9 Å². The molecule has 1 rings (SSSR count). The number of aliphatic hydroxyl groups is 2. The molecule has 12 heteroatoms. The highest BCUT2D eigenvalue weighted by Crippen LogP contribution is 2.27. The lowest BCUT2D eigenvalue weighted by atomic mass is 9.98. The maximum absolute atomic E-state index is 13.2. The van der Waals surface area contributed by atoms with Gasteiger partial charge in [0, 0.05) is 19.3 Å². The van der Waals surface area contributed by atoms with Crippen molar-refractivity contribution in [3.8, 4) is 0 Å². The second kappa shape index (κ2) is 57.1. The minimum Gasteiger partial charge on any atom is -0.479 e. The van der Waals surface area contributed by atoms with E-state index in [1.54, 1.807) is 0 Å². The van der Waals surface area contributed by atoms with E-state index >= 15 is 0 Å². The number of carbonyl (C=O) groups excluding carboxylic acids is 3. The molecule has 0 spiro atoms. The molecule has 0 aliphatic carbocycles. The first kappa shape index (κ1) is 75.7. The van der Waals surface area contributed by atoms with Gasteiger partial charge in [0.1, 0.15) is 18.8 Å². The Balaban J connectivity index is 2.64. The summed E-state index contributed by atoms with van der Waals surface area (Å²) in [6.45, 7) is 5.91. The summed E-state index contributed by atoms with van der Waals surface area (Å²) in [5.74, 6) is -3.14. The van der Waals surface area contributed by atoms with Crippen molar-refractivity contribution in [1.29, 1.82) is 0 Å². The molecule has 6 atom stereocenters. The van der Waals surface area contributed by atoms with Gasteiger partial charge < -0.3 is 39.0 Å². The molecule has 3 N–H and O–H groups in total. The molecule has 0 radical (unpaired) electrons. The van der Waals surface area contributed by atoms with Gasteiger partial charge in [0.25, 0.3) is 0 Å². The molecule has 0 bridgehead atoms. The third kappa shape index (κ3) is 46.7. The van der Waals surface area contributed by atoms with Crippen LogP contribution in [0.5, 0.6) is 0 Å². The molecule has 1 aliphatic rings. The van der Waals surface area contributed by atoms with E-state index in [1.165, 1.54) is 173 Å². The average molecular weight is 1140 g/mol. The van der Waals surface area contributed by atoms with Crippen molar-refractivity contribution in [2.45, 2.75) is 353 Å². The SMILES string of the molecule is CC/C=C\C/C=C\C/C=C\C/C=C\CCCCC(=O)OC(COC(=O)CCCCCCCCCCCCCCCCCCCCC)COC1OC(C(=O)O)C(O)C(O)C1OC(=O)CCCCCCCCCCCCCCCCCCC. The molecule has 0 aromatic rings. The number of aliphatic hydroxyl groups excluding tert-OH is 2. The molecule has 0 saturated carbocycles. The summed E-state index contributed by atoms with van der Waals surface area (Å²) in [5, 5.41) is 31.6. The second-order valence-electron chi connectivity index (χ2n) is 23.1. The van der Waals surface area contributed by atoms with Gasteiger partial charge in [0.05, 0.1) is 6.61 Å². The first-order valence-electron chi connectivity index (χ1n) is 33.6. The van der Waals surface area contributed by atoms with Crippen LogP contribution in [0.15, 0.2) is 48.6 Å². The predicted molar refractivity (Wildman–Crippen MR) is 331 cm³/mol. The molecule has 0 aromatic carbocycles. The summed E-state index contributed by atoms with van der Waals surface area (Å²) in [5.41, 5.74) is 0. The van der Waals surface area contributed by atoms with Gasteiger partial charge in [-0.05, 0) is 57.8 Å². The number of rotatable bonds is 58. The number of unbranched alkanes of at least 4 members (excludes halogenated alkanes) is 36. The molecule has 0 aromatic heterocycles. The van der Waals surface area contributed by atoms with Gasteiger partial charge in [-0.1, -0.05) is 288 Å². The highest BCUT2D eigenvalue weighted by molar-refractivity contribution is 5.74. The maximum Gasteiger partial charge on any atom is 0.335 e. The zero-order valence-corrected chi connectivity index (χ0v) is 52.0. The van der Waals surface area contributed by atoms with Crippen LogP contribution < -0.4 is 0 Å². The number of allylic oxidation sites excluding steroid dienone is 8. The van der Waals surface area contributed by atoms with Crippen LogP contribution in [0.4, 0.5) is 0 Å². The first-order chi connectivity index (χ1) is 39.6. The van der Waals surface area contributed by atoms with Crippen molar-refractivity contribution in [1.82, 2.24) is 0 Å². The number of ether oxygens (including phenoxy) is 5. The fourth-order valence-corrected chi connectivity index (χ4v) is 10.3. The van der Waals surface area contributed by atoms with Crippen LogP contribution in [-0.2, 0) is 42.9 Å². The van der Waals surface area contributed by atoms with Crippen LogP contribution in [-0.4, -0.2) is 89.2 Å². The van der Waals surface area contributed by atoms with Gasteiger partial charge in [0.2, 0.25) is 0 Å². The lowest BCUT2D eigenvalue weighted by Crippen LogP contribution is -2.61. The van der Waals surface area contributed by atoms with E-state index in [0.29, 0.717) is 19.3 Å². The van der Waals surface area contributed by atoms with E-state index in [9.17, 15) is 34.5 Å². The Hall–Kier alpha value is -3.32. The van der Waals surface area contributed by atoms with Gasteiger partial charge in [-0.15, -0.1) is 0 Å². The van der Waals surface area contributed by atoms with Crippen LogP contribution in [0.3, 0.4) is 0 Å². The molecule has 81 heavy (non-hydrogen) atoms. The average Bonchev–Trinajstić information content (AvgIpc) is 3.53. The second-order valence-corrected chi connectivity index (χ2v) is 23.1. The number of esters is 3. The number of hydrogen-bond donors (Lipinski definition) is 3. The molecule has 0 amide bonds. The summed E-state index contributed by atoms with van der Waals surface area (Å²) in [6.07, 6.45) is 57.9. The predicted octanol–water partition coefficient (Wildman–Crippen LogP) is 18.1. The zero-order valence-electron chi connectivity index (χ0n) is 52.0. The normalized spacial score (nSPS) is 18.0. The molecule has 1 heterocycles. The Labute approximate surface area is 494 Å². The molecule has 1 saturated heterocycles. The van der Waals surface area contributed by atoms with E-state index in [4.69, 9.17) is 23.7 Å². The van der Waals surface area contributed by atoms with Crippen molar-refractivity contribution in [3.63, 3.8) is 0 Å². The molecule has 6 unspecified atom stereocenters. The van der Waals surface area contributed by atoms with Crippen molar-refractivity contribution >= 4 is 23.9 Å². The van der Waals surface area contributed by atoms with Crippen molar-refractivity contribution in [3.05, 3.63) is 48.6 Å². The highest BCUT2D eigenvalue weighted by Gasteiger charge is 2.50. The summed E-state index contributed by atoms with van der Waals surface area (Å²) in [4.78, 5) is 51.3. The molecule has 12 nitrogen and oxygen atoms in total. The van der Waals surface area contributed by atoms with Gasteiger partial charge in [0.15, 0.2) is 24.6 Å². The van der Waals surface area contributed by atoms with Crippen LogP contribution in [0.2, 0.25) is 0 Å². The van der Waals surface area contributed by atoms with Gasteiger partial charge in [-0.2, -0.15) is 0 Å². The topological polar surface area (TPSA) is 175 Å². The van der Waals surface area contributed by atoms with Crippen LogP contribution in [0.25, 0.3) is 0 Å². The molecule has 470 valence electrons. The fraction of sp³-hybridized carbons (Fsp3) is 0.826. The van der Waals surface area contributed by atoms with Crippen molar-refractivity contribution < 1.29 is 58.2 Å². The number of carbonyl (C=O) groups is 4. The molecule has 1 fully saturated rings. The Morgan fingerprint density at radius 2 is 0.778 bits per heavy atom. The monoisotopic (exact) mass is 1140 g/mol. The van der Waals surface area contributed by atoms with Crippen molar-refractivity contribution in [2.75, 3.05) is 13.2 Å². The Kier molecular flexibility index (Phi) is 53.4. The number of carboxylic acid groups (broad SMARTS) is 1. The largest absolute Gasteiger partial charge is 0.479 e. The van der Waals surface area contributed by atoms with Crippen LogP contribution in [0.1, 0.15) is 316 Å². The summed E-state index contributed by atoms with van der Waals surface area (Å²) >= 11 is 0. The molecule has 1 aliphatic heterocycles. The highest BCUT2D eigenvalue weighted by atomic mass is 16.7. The minimum absolute atomic E-state index is 0.0605. The van der Waals surface area contributed by atoms with E-state index < -0.39 is 67.3 Å². The lowest BCUT2D eigenvalue weighted by molar-refractivity contribution is -0.301. The summed E-state index contributed by atoms with van der Waals surface area (Å²) < 4.78 is 28.5.